The number of aromatic nitrogens is 1. The van der Waals surface area contributed by atoms with Crippen LogP contribution in [0.3, 0.4) is 0 Å². The summed E-state index contributed by atoms with van der Waals surface area (Å²) in [6, 6.07) is 14.1. The maximum atomic E-state index is 13.1. The Kier molecular flexibility index (Phi) is 8.22. The van der Waals surface area contributed by atoms with E-state index in [1.165, 1.54) is 11.3 Å². The predicted molar refractivity (Wildman–Crippen MR) is 129 cm³/mol. The molecule has 0 aliphatic carbocycles. The van der Waals surface area contributed by atoms with Gasteiger partial charge in [-0.1, -0.05) is 35.6 Å². The van der Waals surface area contributed by atoms with Crippen molar-refractivity contribution >= 4 is 42.4 Å². The SMILES string of the molecule is CCOc1cccc2sc(N(CCN(C)C)C(=O)CCCS(=O)(=O)c3ccccc3)nc12. The van der Waals surface area contributed by atoms with E-state index in [4.69, 9.17) is 9.72 Å². The molecule has 2 aromatic carbocycles. The van der Waals surface area contributed by atoms with Crippen molar-refractivity contribution in [3.05, 3.63) is 48.5 Å². The van der Waals surface area contributed by atoms with Crippen LogP contribution in [0, 0.1) is 0 Å². The average molecular weight is 476 g/mol. The highest BCUT2D eigenvalue weighted by Gasteiger charge is 2.22. The number of hydrogen-bond acceptors (Lipinski definition) is 7. The first-order valence-corrected chi connectivity index (χ1v) is 13.0. The Morgan fingerprint density at radius 2 is 1.81 bits per heavy atom. The number of sulfone groups is 1. The van der Waals surface area contributed by atoms with Crippen LogP contribution in [0.4, 0.5) is 5.13 Å². The quantitative estimate of drug-likeness (QED) is 0.419. The van der Waals surface area contributed by atoms with E-state index in [-0.39, 0.29) is 29.4 Å². The summed E-state index contributed by atoms with van der Waals surface area (Å²) < 4.78 is 31.7. The number of thiazole rings is 1. The standard InChI is InChI=1S/C23H29N3O4S2/c1-4-30-19-12-8-13-20-22(19)24-23(31-20)26(16-15-25(2)3)21(27)14-9-17-32(28,29)18-10-6-5-7-11-18/h5-8,10-13H,4,9,14-17H2,1-3H3. The van der Waals surface area contributed by atoms with Crippen LogP contribution in [0.2, 0.25) is 0 Å². The molecule has 0 atom stereocenters. The summed E-state index contributed by atoms with van der Waals surface area (Å²) in [4.78, 5) is 21.8. The Labute approximate surface area is 193 Å². The van der Waals surface area contributed by atoms with Crippen molar-refractivity contribution in [1.29, 1.82) is 0 Å². The Bertz CT molecular complexity index is 1140. The third kappa shape index (κ3) is 6.05. The number of anilines is 1. The minimum atomic E-state index is -3.41. The molecular formula is C23H29N3O4S2. The van der Waals surface area contributed by atoms with Gasteiger partial charge in [0, 0.05) is 19.5 Å². The molecule has 1 heterocycles. The summed E-state index contributed by atoms with van der Waals surface area (Å²) in [5.74, 6) is 0.493. The van der Waals surface area contributed by atoms with E-state index in [9.17, 15) is 13.2 Å². The van der Waals surface area contributed by atoms with Crippen LogP contribution in [0.5, 0.6) is 5.75 Å². The van der Waals surface area contributed by atoms with E-state index in [0.717, 1.165) is 10.2 Å². The number of fused-ring (bicyclic) bond motifs is 1. The van der Waals surface area contributed by atoms with Crippen LogP contribution in [-0.4, -0.2) is 63.8 Å². The lowest BCUT2D eigenvalue weighted by Gasteiger charge is -2.22. The summed E-state index contributed by atoms with van der Waals surface area (Å²) in [5.41, 5.74) is 0.739. The maximum Gasteiger partial charge on any atom is 0.228 e. The molecule has 0 aliphatic rings. The van der Waals surface area contributed by atoms with Crippen molar-refractivity contribution in [3.8, 4) is 5.75 Å². The van der Waals surface area contributed by atoms with Crippen molar-refractivity contribution in [1.82, 2.24) is 9.88 Å². The largest absolute Gasteiger partial charge is 0.492 e. The topological polar surface area (TPSA) is 79.8 Å². The molecule has 7 nitrogen and oxygen atoms in total. The molecule has 3 rings (SSSR count). The third-order valence-electron chi connectivity index (χ3n) is 4.88. The molecule has 0 saturated heterocycles. The van der Waals surface area contributed by atoms with Crippen molar-refractivity contribution in [3.63, 3.8) is 0 Å². The maximum absolute atomic E-state index is 13.1. The summed E-state index contributed by atoms with van der Waals surface area (Å²) >= 11 is 1.44. The molecule has 0 aliphatic heterocycles. The van der Waals surface area contributed by atoms with Crippen LogP contribution in [0.1, 0.15) is 19.8 Å². The molecule has 1 aromatic heterocycles. The van der Waals surface area contributed by atoms with Gasteiger partial charge < -0.3 is 9.64 Å². The fourth-order valence-electron chi connectivity index (χ4n) is 3.22. The van der Waals surface area contributed by atoms with Gasteiger partial charge in [-0.2, -0.15) is 0 Å². The number of ether oxygens (including phenoxy) is 1. The summed E-state index contributed by atoms with van der Waals surface area (Å²) in [6.07, 6.45) is 0.386. The fraction of sp³-hybridized carbons (Fsp3) is 0.391. The molecule has 0 fully saturated rings. The van der Waals surface area contributed by atoms with Gasteiger partial charge in [0.1, 0.15) is 11.3 Å². The molecule has 1 amide bonds. The van der Waals surface area contributed by atoms with E-state index < -0.39 is 9.84 Å². The number of nitrogens with zero attached hydrogens (tertiary/aromatic N) is 3. The Hall–Kier alpha value is -2.49. The zero-order valence-corrected chi connectivity index (χ0v) is 20.3. The molecule has 0 saturated carbocycles. The predicted octanol–water partition coefficient (Wildman–Crippen LogP) is 3.84. The average Bonchev–Trinajstić information content (AvgIpc) is 3.19. The number of rotatable bonds is 11. The van der Waals surface area contributed by atoms with E-state index in [2.05, 4.69) is 0 Å². The van der Waals surface area contributed by atoms with Crippen molar-refractivity contribution in [2.24, 2.45) is 0 Å². The molecule has 0 unspecified atom stereocenters. The first kappa shape index (κ1) is 24.2. The number of likely N-dealkylation sites (N-methyl/N-ethyl adjacent to an activating group) is 1. The van der Waals surface area contributed by atoms with Crippen LogP contribution in [0.25, 0.3) is 10.2 Å². The van der Waals surface area contributed by atoms with E-state index >= 15 is 0 Å². The fourth-order valence-corrected chi connectivity index (χ4v) is 5.58. The first-order chi connectivity index (χ1) is 15.3. The van der Waals surface area contributed by atoms with E-state index in [1.807, 2.05) is 44.1 Å². The highest BCUT2D eigenvalue weighted by molar-refractivity contribution is 7.91. The van der Waals surface area contributed by atoms with Gasteiger partial charge in [-0.05, 0) is 51.7 Å². The number of amides is 1. The van der Waals surface area contributed by atoms with Gasteiger partial charge in [0.2, 0.25) is 5.91 Å². The molecular weight excluding hydrogens is 446 g/mol. The molecule has 172 valence electrons. The van der Waals surface area contributed by atoms with Gasteiger partial charge >= 0.3 is 0 Å². The number of carbonyl (C=O) groups is 1. The number of carbonyl (C=O) groups excluding carboxylic acids is 1. The van der Waals surface area contributed by atoms with Gasteiger partial charge in [0.05, 0.1) is 22.0 Å². The highest BCUT2D eigenvalue weighted by Crippen LogP contribution is 2.34. The first-order valence-electron chi connectivity index (χ1n) is 10.6. The van der Waals surface area contributed by atoms with Crippen LogP contribution >= 0.6 is 11.3 Å². The molecule has 0 bridgehead atoms. The Balaban J connectivity index is 1.76. The summed E-state index contributed by atoms with van der Waals surface area (Å²) in [6.45, 7) is 3.59. The lowest BCUT2D eigenvalue weighted by atomic mass is 10.3. The minimum Gasteiger partial charge on any atom is -0.492 e. The molecule has 0 spiro atoms. The van der Waals surface area contributed by atoms with E-state index in [0.29, 0.717) is 30.6 Å². The zero-order chi connectivity index (χ0) is 23.1. The second-order valence-electron chi connectivity index (χ2n) is 7.62. The molecule has 32 heavy (non-hydrogen) atoms. The second kappa shape index (κ2) is 10.9. The summed E-state index contributed by atoms with van der Waals surface area (Å²) in [5, 5.41) is 0.602. The smallest absolute Gasteiger partial charge is 0.228 e. The van der Waals surface area contributed by atoms with Crippen molar-refractivity contribution in [2.75, 3.05) is 44.4 Å². The Morgan fingerprint density at radius 1 is 1.06 bits per heavy atom. The normalized spacial score (nSPS) is 11.8. The lowest BCUT2D eigenvalue weighted by Crippen LogP contribution is -2.36. The molecule has 9 heteroatoms. The number of benzene rings is 2. The molecule has 3 aromatic rings. The van der Waals surface area contributed by atoms with Gasteiger partial charge in [0.25, 0.3) is 0 Å². The Morgan fingerprint density at radius 3 is 2.50 bits per heavy atom. The third-order valence-corrected chi connectivity index (χ3v) is 7.74. The number of para-hydroxylation sites is 1. The van der Waals surface area contributed by atoms with Gasteiger partial charge in [-0.15, -0.1) is 0 Å². The molecule has 0 N–H and O–H groups in total. The van der Waals surface area contributed by atoms with Crippen LogP contribution in [-0.2, 0) is 14.6 Å². The van der Waals surface area contributed by atoms with Crippen LogP contribution < -0.4 is 9.64 Å². The number of hydrogen-bond donors (Lipinski definition) is 0. The second-order valence-corrected chi connectivity index (χ2v) is 10.7. The van der Waals surface area contributed by atoms with Gasteiger partial charge in [-0.25, -0.2) is 13.4 Å². The summed E-state index contributed by atoms with van der Waals surface area (Å²) in [7, 11) is 0.477. The van der Waals surface area contributed by atoms with E-state index in [1.54, 1.807) is 35.2 Å². The monoisotopic (exact) mass is 475 g/mol. The van der Waals surface area contributed by atoms with Gasteiger partial charge in [0.15, 0.2) is 15.0 Å². The van der Waals surface area contributed by atoms with Crippen LogP contribution in [0.15, 0.2) is 53.4 Å². The van der Waals surface area contributed by atoms with Gasteiger partial charge in [-0.3, -0.25) is 9.69 Å². The molecule has 0 radical (unpaired) electrons. The van der Waals surface area contributed by atoms with Crippen molar-refractivity contribution < 1.29 is 17.9 Å². The highest BCUT2D eigenvalue weighted by atomic mass is 32.2. The minimum absolute atomic E-state index is 0.0708. The van der Waals surface area contributed by atoms with Crippen molar-refractivity contribution in [2.45, 2.75) is 24.7 Å². The lowest BCUT2D eigenvalue weighted by molar-refractivity contribution is -0.118. The zero-order valence-electron chi connectivity index (χ0n) is 18.7.